The number of nitrogens with one attached hydrogen (secondary N) is 1. The highest BCUT2D eigenvalue weighted by atomic mass is 35.5. The van der Waals surface area contributed by atoms with Crippen LogP contribution in [0, 0.1) is 0 Å². The number of ether oxygens (including phenoxy) is 3. The Kier molecular flexibility index (Phi) is 7.02. The first-order valence-electron chi connectivity index (χ1n) is 4.19. The van der Waals surface area contributed by atoms with E-state index in [-0.39, 0.29) is 12.5 Å². The van der Waals surface area contributed by atoms with E-state index < -0.39 is 24.1 Å². The molecule has 8 heteroatoms. The van der Waals surface area contributed by atoms with Gasteiger partial charge in [-0.05, 0) is 0 Å². The minimum Gasteiger partial charge on any atom is -0.469 e. The maximum Gasteiger partial charge on any atom is 0.409 e. The molecule has 0 saturated carbocycles. The van der Waals surface area contributed by atoms with E-state index >= 15 is 0 Å². The largest absolute Gasteiger partial charge is 0.469 e. The molecule has 0 aromatic rings. The number of esters is 2. The van der Waals surface area contributed by atoms with Crippen molar-refractivity contribution in [3.63, 3.8) is 0 Å². The predicted octanol–water partition coefficient (Wildman–Crippen LogP) is 0.0136. The van der Waals surface area contributed by atoms with Crippen LogP contribution in [0.1, 0.15) is 6.42 Å². The molecule has 1 amide bonds. The zero-order valence-electron chi connectivity index (χ0n) is 8.82. The quantitative estimate of drug-likeness (QED) is 0.422. The van der Waals surface area contributed by atoms with Gasteiger partial charge in [-0.1, -0.05) is 11.6 Å². The van der Waals surface area contributed by atoms with Gasteiger partial charge in [0.2, 0.25) is 0 Å². The summed E-state index contributed by atoms with van der Waals surface area (Å²) in [6.45, 7) is 0. The molecule has 0 aliphatic heterocycles. The van der Waals surface area contributed by atoms with Crippen molar-refractivity contribution in [2.24, 2.45) is 0 Å². The lowest BCUT2D eigenvalue weighted by Crippen LogP contribution is -2.43. The fourth-order valence-electron chi connectivity index (χ4n) is 0.819. The SMILES string of the molecule is COC(=O)CC(NC(=O)OCCl)C(=O)OC. The summed E-state index contributed by atoms with van der Waals surface area (Å²) in [6, 6.07) is -1.52. The van der Waals surface area contributed by atoms with Crippen LogP contribution in [0.5, 0.6) is 0 Å². The molecule has 1 unspecified atom stereocenters. The molecule has 0 bridgehead atoms. The van der Waals surface area contributed by atoms with Crippen LogP contribution in [0.25, 0.3) is 0 Å². The summed E-state index contributed by atoms with van der Waals surface area (Å²) in [4.78, 5) is 33.1. The van der Waals surface area contributed by atoms with Gasteiger partial charge in [-0.3, -0.25) is 4.79 Å². The monoisotopic (exact) mass is 253 g/mol. The van der Waals surface area contributed by atoms with E-state index in [4.69, 9.17) is 11.6 Å². The van der Waals surface area contributed by atoms with Crippen LogP contribution >= 0.6 is 11.6 Å². The van der Waals surface area contributed by atoms with E-state index in [0.29, 0.717) is 0 Å². The molecule has 0 aliphatic rings. The van der Waals surface area contributed by atoms with E-state index in [1.54, 1.807) is 0 Å². The van der Waals surface area contributed by atoms with Crippen LogP contribution < -0.4 is 5.32 Å². The molecule has 0 aromatic heterocycles. The molecule has 0 spiro atoms. The zero-order valence-corrected chi connectivity index (χ0v) is 9.57. The molecule has 0 saturated heterocycles. The van der Waals surface area contributed by atoms with Gasteiger partial charge < -0.3 is 19.5 Å². The molecule has 1 N–H and O–H groups in total. The second-order valence-corrected chi connectivity index (χ2v) is 2.76. The normalized spacial score (nSPS) is 11.2. The number of halogens is 1. The fraction of sp³-hybridized carbons (Fsp3) is 0.625. The van der Waals surface area contributed by atoms with Gasteiger partial charge in [0.15, 0.2) is 6.07 Å². The van der Waals surface area contributed by atoms with E-state index in [1.165, 1.54) is 0 Å². The average Bonchev–Trinajstić information content (AvgIpc) is 2.27. The summed E-state index contributed by atoms with van der Waals surface area (Å²) in [5, 5.41) is 2.11. The van der Waals surface area contributed by atoms with Crippen LogP contribution in [-0.4, -0.2) is 44.4 Å². The molecule has 7 nitrogen and oxygen atoms in total. The number of hydrogen-bond donors (Lipinski definition) is 1. The van der Waals surface area contributed by atoms with Crippen molar-refractivity contribution in [3.8, 4) is 0 Å². The van der Waals surface area contributed by atoms with Gasteiger partial charge in [-0.15, -0.1) is 0 Å². The first kappa shape index (κ1) is 14.5. The molecule has 16 heavy (non-hydrogen) atoms. The number of carbonyl (C=O) groups is 3. The Morgan fingerprint density at radius 3 is 2.31 bits per heavy atom. The molecule has 0 radical (unpaired) electrons. The van der Waals surface area contributed by atoms with Crippen LogP contribution in [-0.2, 0) is 23.8 Å². The third-order valence-electron chi connectivity index (χ3n) is 1.56. The molecule has 0 aliphatic carbocycles. The number of hydrogen-bond acceptors (Lipinski definition) is 6. The van der Waals surface area contributed by atoms with Crippen molar-refractivity contribution in [2.45, 2.75) is 12.5 Å². The lowest BCUT2D eigenvalue weighted by atomic mass is 10.2. The van der Waals surface area contributed by atoms with Gasteiger partial charge in [0.05, 0.1) is 20.6 Å². The third kappa shape index (κ3) is 5.40. The van der Waals surface area contributed by atoms with E-state index in [2.05, 4.69) is 19.5 Å². The standard InChI is InChI=1S/C8H12ClNO6/c1-14-6(11)3-5(7(12)15-2)10-8(13)16-4-9/h5H,3-4H2,1-2H3,(H,10,13). The highest BCUT2D eigenvalue weighted by Crippen LogP contribution is 1.98. The van der Waals surface area contributed by atoms with Crippen molar-refractivity contribution < 1.29 is 28.6 Å². The van der Waals surface area contributed by atoms with Crippen molar-refractivity contribution >= 4 is 29.6 Å². The molecule has 1 atom stereocenters. The molecule has 92 valence electrons. The van der Waals surface area contributed by atoms with Crippen molar-refractivity contribution in [2.75, 3.05) is 20.3 Å². The lowest BCUT2D eigenvalue weighted by molar-refractivity contribution is -0.149. The zero-order chi connectivity index (χ0) is 12.6. The first-order valence-corrected chi connectivity index (χ1v) is 4.72. The number of rotatable bonds is 5. The minimum absolute atomic E-state index is 0.347. The number of carbonyl (C=O) groups excluding carboxylic acids is 3. The van der Waals surface area contributed by atoms with E-state index in [0.717, 1.165) is 14.2 Å². The Morgan fingerprint density at radius 2 is 1.88 bits per heavy atom. The van der Waals surface area contributed by atoms with Gasteiger partial charge in [0.1, 0.15) is 6.04 Å². The topological polar surface area (TPSA) is 90.9 Å². The van der Waals surface area contributed by atoms with Crippen LogP contribution in [0.3, 0.4) is 0 Å². The number of amides is 1. The molecular weight excluding hydrogens is 242 g/mol. The Labute approximate surface area is 97.0 Å². The van der Waals surface area contributed by atoms with Crippen LogP contribution in [0.2, 0.25) is 0 Å². The Hall–Kier alpha value is -1.50. The summed E-state index contributed by atoms with van der Waals surface area (Å²) >= 11 is 5.14. The summed E-state index contributed by atoms with van der Waals surface area (Å²) in [7, 11) is 2.29. The fourth-order valence-corrected chi connectivity index (χ4v) is 0.918. The molecule has 0 heterocycles. The van der Waals surface area contributed by atoms with E-state index in [9.17, 15) is 14.4 Å². The summed E-state index contributed by atoms with van der Waals surface area (Å²) < 4.78 is 13.1. The first-order chi connectivity index (χ1) is 7.54. The second kappa shape index (κ2) is 7.75. The number of alkyl carbamates (subject to hydrolysis) is 1. The van der Waals surface area contributed by atoms with Gasteiger partial charge in [0.25, 0.3) is 0 Å². The highest BCUT2D eigenvalue weighted by Gasteiger charge is 2.25. The Bertz CT molecular complexity index is 269. The van der Waals surface area contributed by atoms with Crippen molar-refractivity contribution in [1.82, 2.24) is 5.32 Å². The maximum atomic E-state index is 11.2. The Morgan fingerprint density at radius 1 is 1.25 bits per heavy atom. The molecule has 0 fully saturated rings. The third-order valence-corrected chi connectivity index (χ3v) is 1.67. The van der Waals surface area contributed by atoms with Crippen molar-refractivity contribution in [1.29, 1.82) is 0 Å². The van der Waals surface area contributed by atoms with Gasteiger partial charge in [0, 0.05) is 0 Å². The number of methoxy groups -OCH3 is 2. The van der Waals surface area contributed by atoms with E-state index in [1.807, 2.05) is 0 Å². The van der Waals surface area contributed by atoms with Crippen LogP contribution in [0.4, 0.5) is 4.79 Å². The molecule has 0 rings (SSSR count). The van der Waals surface area contributed by atoms with Gasteiger partial charge in [-0.25, -0.2) is 9.59 Å². The lowest BCUT2D eigenvalue weighted by Gasteiger charge is -2.14. The predicted molar refractivity (Wildman–Crippen MR) is 52.8 cm³/mol. The summed E-state index contributed by atoms with van der Waals surface area (Å²) in [6.07, 6.45) is -1.27. The summed E-state index contributed by atoms with van der Waals surface area (Å²) in [5.74, 6) is -1.45. The Balaban J connectivity index is 4.37. The van der Waals surface area contributed by atoms with Crippen LogP contribution in [0.15, 0.2) is 0 Å². The van der Waals surface area contributed by atoms with Gasteiger partial charge in [-0.2, -0.15) is 0 Å². The second-order valence-electron chi connectivity index (χ2n) is 2.54. The average molecular weight is 254 g/mol. The summed E-state index contributed by atoms with van der Waals surface area (Å²) in [5.41, 5.74) is 0. The van der Waals surface area contributed by atoms with Crippen molar-refractivity contribution in [3.05, 3.63) is 0 Å². The highest BCUT2D eigenvalue weighted by molar-refractivity contribution is 6.17. The maximum absolute atomic E-state index is 11.2. The molecule has 0 aromatic carbocycles. The smallest absolute Gasteiger partial charge is 0.409 e. The number of alkyl halides is 1. The van der Waals surface area contributed by atoms with Gasteiger partial charge >= 0.3 is 18.0 Å². The molecular formula is C8H12ClNO6. The minimum atomic E-state index is -1.16.